The Morgan fingerprint density at radius 1 is 1.24 bits per heavy atom. The maximum atomic E-state index is 5.81. The smallest absolute Gasteiger partial charge is 0.119 e. The van der Waals surface area contributed by atoms with Gasteiger partial charge in [-0.3, -0.25) is 0 Å². The number of benzene rings is 1. The van der Waals surface area contributed by atoms with Gasteiger partial charge in [0.1, 0.15) is 5.75 Å². The van der Waals surface area contributed by atoms with E-state index in [1.54, 1.807) is 7.11 Å². The van der Waals surface area contributed by atoms with Crippen LogP contribution in [0.3, 0.4) is 0 Å². The number of methoxy groups -OCH3 is 1. The highest BCUT2D eigenvalue weighted by molar-refractivity contribution is 9.10. The van der Waals surface area contributed by atoms with Gasteiger partial charge in [-0.2, -0.15) is 0 Å². The quantitative estimate of drug-likeness (QED) is 0.447. The van der Waals surface area contributed by atoms with Gasteiger partial charge in [-0.15, -0.1) is 6.58 Å². The van der Waals surface area contributed by atoms with Gasteiger partial charge < -0.3 is 14.8 Å². The molecule has 0 aliphatic rings. The van der Waals surface area contributed by atoms with Gasteiger partial charge in [-0.05, 0) is 49.4 Å². The van der Waals surface area contributed by atoms with Gasteiger partial charge in [0.15, 0.2) is 0 Å². The van der Waals surface area contributed by atoms with Crippen LogP contribution in [0.2, 0.25) is 0 Å². The zero-order valence-electron chi connectivity index (χ0n) is 12.9. The third kappa shape index (κ3) is 8.24. The minimum absolute atomic E-state index is 0.721. The van der Waals surface area contributed by atoms with E-state index in [4.69, 9.17) is 9.47 Å². The largest absolute Gasteiger partial charge is 0.494 e. The number of hydrogen-bond donors (Lipinski definition) is 1. The fourth-order valence-corrected chi connectivity index (χ4v) is 2.32. The molecule has 1 aromatic rings. The molecule has 0 saturated heterocycles. The Labute approximate surface area is 136 Å². The average molecular weight is 356 g/mol. The zero-order chi connectivity index (χ0) is 15.3. The van der Waals surface area contributed by atoms with Crippen molar-refractivity contribution in [3.8, 4) is 5.75 Å². The number of halogens is 1. The van der Waals surface area contributed by atoms with Gasteiger partial charge in [0.05, 0.1) is 13.2 Å². The molecule has 118 valence electrons. The number of nitrogens with one attached hydrogen (secondary N) is 1. The molecule has 1 rings (SSSR count). The van der Waals surface area contributed by atoms with Crippen molar-refractivity contribution in [3.63, 3.8) is 0 Å². The number of ether oxygens (including phenoxy) is 2. The maximum absolute atomic E-state index is 5.81. The Kier molecular flexibility index (Phi) is 10.2. The highest BCUT2D eigenvalue weighted by Gasteiger charge is 2.02. The first-order valence-corrected chi connectivity index (χ1v) is 8.29. The van der Waals surface area contributed by atoms with Crippen LogP contribution in [-0.2, 0) is 11.3 Å². The van der Waals surface area contributed by atoms with Crippen molar-refractivity contribution in [3.05, 3.63) is 40.9 Å². The van der Waals surface area contributed by atoms with Crippen LogP contribution in [0.1, 0.15) is 31.2 Å². The lowest BCUT2D eigenvalue weighted by Crippen LogP contribution is -2.18. The lowest BCUT2D eigenvalue weighted by Gasteiger charge is -2.10. The molecule has 0 aromatic heterocycles. The predicted octanol–water partition coefficient (Wildman–Crippen LogP) is 4.31. The van der Waals surface area contributed by atoms with E-state index in [0.29, 0.717) is 0 Å². The van der Waals surface area contributed by atoms with Gasteiger partial charge in [0, 0.05) is 24.7 Å². The summed E-state index contributed by atoms with van der Waals surface area (Å²) in [4.78, 5) is 0. The second kappa shape index (κ2) is 11.8. The summed E-state index contributed by atoms with van der Waals surface area (Å²) in [6.45, 7) is 6.88. The van der Waals surface area contributed by atoms with Crippen LogP contribution in [0.4, 0.5) is 0 Å². The molecular weight excluding hydrogens is 330 g/mol. The highest BCUT2D eigenvalue weighted by atomic mass is 79.9. The van der Waals surface area contributed by atoms with Crippen LogP contribution in [0.5, 0.6) is 5.75 Å². The molecule has 0 saturated carbocycles. The fourth-order valence-electron chi connectivity index (χ4n) is 1.93. The van der Waals surface area contributed by atoms with E-state index < -0.39 is 0 Å². The number of rotatable bonds is 12. The van der Waals surface area contributed by atoms with Gasteiger partial charge in [0.2, 0.25) is 0 Å². The number of allylic oxidation sites excluding steroid dienone is 1. The van der Waals surface area contributed by atoms with Gasteiger partial charge >= 0.3 is 0 Å². The highest BCUT2D eigenvalue weighted by Crippen LogP contribution is 2.22. The third-order valence-electron chi connectivity index (χ3n) is 3.14. The molecule has 1 N–H and O–H groups in total. The van der Waals surface area contributed by atoms with E-state index in [9.17, 15) is 0 Å². The summed E-state index contributed by atoms with van der Waals surface area (Å²) in [5.74, 6) is 0.936. The molecule has 0 atom stereocenters. The standard InChI is InChI=1S/C17H26BrNO2/c1-3-4-5-6-7-11-21-16-8-9-17(18)15(13-16)14-19-10-12-20-2/h3,8-9,13,19H,1,4-7,10-12,14H2,2H3. The van der Waals surface area contributed by atoms with Gasteiger partial charge in [-0.1, -0.05) is 22.0 Å². The van der Waals surface area contributed by atoms with E-state index in [1.807, 2.05) is 18.2 Å². The van der Waals surface area contributed by atoms with Crippen LogP contribution >= 0.6 is 15.9 Å². The maximum Gasteiger partial charge on any atom is 0.119 e. The summed E-state index contributed by atoms with van der Waals surface area (Å²) < 4.78 is 11.9. The summed E-state index contributed by atoms with van der Waals surface area (Å²) in [7, 11) is 1.71. The molecule has 4 heteroatoms. The summed E-state index contributed by atoms with van der Waals surface area (Å²) in [5, 5.41) is 3.34. The summed E-state index contributed by atoms with van der Waals surface area (Å²) >= 11 is 3.57. The van der Waals surface area contributed by atoms with E-state index in [-0.39, 0.29) is 0 Å². The molecule has 0 heterocycles. The zero-order valence-corrected chi connectivity index (χ0v) is 14.5. The molecule has 0 amide bonds. The average Bonchev–Trinajstić information content (AvgIpc) is 2.50. The minimum atomic E-state index is 0.721. The first kappa shape index (κ1) is 18.2. The lowest BCUT2D eigenvalue weighted by molar-refractivity contribution is 0.199. The summed E-state index contributed by atoms with van der Waals surface area (Å²) in [5.41, 5.74) is 1.20. The first-order chi connectivity index (χ1) is 10.3. The molecule has 0 aliphatic carbocycles. The summed E-state index contributed by atoms with van der Waals surface area (Å²) in [6, 6.07) is 6.14. The summed E-state index contributed by atoms with van der Waals surface area (Å²) in [6.07, 6.45) is 6.54. The normalized spacial score (nSPS) is 10.6. The van der Waals surface area contributed by atoms with Crippen molar-refractivity contribution in [1.82, 2.24) is 5.32 Å². The van der Waals surface area contributed by atoms with Crippen LogP contribution in [-0.4, -0.2) is 26.9 Å². The van der Waals surface area contributed by atoms with Crippen molar-refractivity contribution < 1.29 is 9.47 Å². The van der Waals surface area contributed by atoms with E-state index in [1.165, 1.54) is 18.4 Å². The Morgan fingerprint density at radius 3 is 2.86 bits per heavy atom. The molecule has 1 aromatic carbocycles. The van der Waals surface area contributed by atoms with Crippen molar-refractivity contribution in [2.75, 3.05) is 26.9 Å². The van der Waals surface area contributed by atoms with Crippen LogP contribution < -0.4 is 10.1 Å². The number of hydrogen-bond acceptors (Lipinski definition) is 3. The van der Waals surface area contributed by atoms with Crippen molar-refractivity contribution >= 4 is 15.9 Å². The molecule has 0 bridgehead atoms. The molecule has 0 radical (unpaired) electrons. The Balaban J connectivity index is 2.32. The van der Waals surface area contributed by atoms with E-state index in [0.717, 1.165) is 49.4 Å². The molecule has 3 nitrogen and oxygen atoms in total. The molecule has 0 aliphatic heterocycles. The van der Waals surface area contributed by atoms with E-state index in [2.05, 4.69) is 33.9 Å². The molecule has 0 spiro atoms. The van der Waals surface area contributed by atoms with Crippen molar-refractivity contribution in [2.45, 2.75) is 32.2 Å². The molecule has 21 heavy (non-hydrogen) atoms. The molecule has 0 unspecified atom stereocenters. The second-order valence-corrected chi connectivity index (χ2v) is 5.76. The van der Waals surface area contributed by atoms with Crippen LogP contribution in [0.25, 0.3) is 0 Å². The van der Waals surface area contributed by atoms with Gasteiger partial charge in [-0.25, -0.2) is 0 Å². The van der Waals surface area contributed by atoms with Crippen molar-refractivity contribution in [2.24, 2.45) is 0 Å². The van der Waals surface area contributed by atoms with E-state index >= 15 is 0 Å². The predicted molar refractivity (Wildman–Crippen MR) is 91.9 cm³/mol. The number of unbranched alkanes of at least 4 members (excludes halogenated alkanes) is 3. The Hall–Kier alpha value is -0.840. The Bertz CT molecular complexity index is 410. The van der Waals surface area contributed by atoms with Crippen molar-refractivity contribution in [1.29, 1.82) is 0 Å². The molecular formula is C17H26BrNO2. The Morgan fingerprint density at radius 2 is 2.10 bits per heavy atom. The monoisotopic (exact) mass is 355 g/mol. The SMILES string of the molecule is C=CCCCCCOc1ccc(Br)c(CNCCOC)c1. The third-order valence-corrected chi connectivity index (χ3v) is 3.91. The topological polar surface area (TPSA) is 30.5 Å². The lowest BCUT2D eigenvalue weighted by atomic mass is 10.2. The first-order valence-electron chi connectivity index (χ1n) is 7.49. The minimum Gasteiger partial charge on any atom is -0.494 e. The van der Waals surface area contributed by atoms with Crippen LogP contribution in [0, 0.1) is 0 Å². The molecule has 0 fully saturated rings. The fraction of sp³-hybridized carbons (Fsp3) is 0.529. The second-order valence-electron chi connectivity index (χ2n) is 4.91. The van der Waals surface area contributed by atoms with Gasteiger partial charge in [0.25, 0.3) is 0 Å². The van der Waals surface area contributed by atoms with Crippen LogP contribution in [0.15, 0.2) is 35.3 Å².